The first-order valence-electron chi connectivity index (χ1n) is 5.77. The first-order chi connectivity index (χ1) is 8.48. The van der Waals surface area contributed by atoms with Crippen molar-refractivity contribution in [3.8, 4) is 0 Å². The molecule has 1 atom stereocenters. The van der Waals surface area contributed by atoms with E-state index < -0.39 is 11.4 Å². The summed E-state index contributed by atoms with van der Waals surface area (Å²) in [5.74, 6) is 0. The molecule has 2 rings (SSSR count). The molecule has 0 radical (unpaired) electrons. The number of benzene rings is 1. The minimum atomic E-state index is -1.23. The Labute approximate surface area is 110 Å². The Balaban J connectivity index is 2.35. The van der Waals surface area contributed by atoms with Crippen LogP contribution in [0.4, 0.5) is 0 Å². The summed E-state index contributed by atoms with van der Waals surface area (Å²) in [5, 5.41) is 2.13. The van der Waals surface area contributed by atoms with Gasteiger partial charge in [0.25, 0.3) is 0 Å². The Morgan fingerprint density at radius 2 is 2.06 bits per heavy atom. The number of fused-ring (bicyclic) bond motifs is 1. The van der Waals surface area contributed by atoms with E-state index in [1.807, 2.05) is 45.0 Å². The lowest BCUT2D eigenvalue weighted by atomic mass is 10.1. The monoisotopic (exact) mass is 260 g/mol. The number of hydrogen-bond donors (Lipinski definition) is 0. The maximum Gasteiger partial charge on any atom is 0.144 e. The zero-order chi connectivity index (χ0) is 13.2. The van der Waals surface area contributed by atoms with E-state index in [0.29, 0.717) is 0 Å². The lowest BCUT2D eigenvalue weighted by Gasteiger charge is -2.17. The van der Waals surface area contributed by atoms with E-state index in [9.17, 15) is 4.55 Å². The maximum absolute atomic E-state index is 11.9. The summed E-state index contributed by atoms with van der Waals surface area (Å²) in [5.41, 5.74) is 0.943. The van der Waals surface area contributed by atoms with Crippen molar-refractivity contribution in [2.45, 2.75) is 25.5 Å². The molecule has 0 bridgehead atoms. The smallest absolute Gasteiger partial charge is 0.144 e. The molecule has 0 spiro atoms. The van der Waals surface area contributed by atoms with Crippen molar-refractivity contribution in [1.29, 1.82) is 0 Å². The van der Waals surface area contributed by atoms with Crippen LogP contribution in [-0.2, 0) is 11.4 Å². The van der Waals surface area contributed by atoms with Gasteiger partial charge < -0.3 is 4.55 Å². The average molecular weight is 260 g/mol. The van der Waals surface area contributed by atoms with E-state index in [4.69, 9.17) is 0 Å². The Bertz CT molecular complexity index is 570. The molecule has 2 aromatic rings. The van der Waals surface area contributed by atoms with Crippen LogP contribution in [-0.4, -0.2) is 20.5 Å². The van der Waals surface area contributed by atoms with Crippen molar-refractivity contribution in [3.63, 3.8) is 0 Å². The fraction of sp³-hybridized carbons (Fsp3) is 0.286. The maximum atomic E-state index is 11.9. The van der Waals surface area contributed by atoms with Crippen LogP contribution in [0.5, 0.6) is 0 Å². The molecule has 0 aliphatic carbocycles. The summed E-state index contributed by atoms with van der Waals surface area (Å²) >= 11 is -1.23. The van der Waals surface area contributed by atoms with Crippen molar-refractivity contribution >= 4 is 28.3 Å². The number of hydrogen-bond acceptors (Lipinski definition) is 3. The van der Waals surface area contributed by atoms with Crippen molar-refractivity contribution in [3.05, 3.63) is 42.2 Å². The lowest BCUT2D eigenvalue weighted by molar-refractivity contribution is 0.562. The molecule has 4 heteroatoms. The van der Waals surface area contributed by atoms with Crippen LogP contribution in [0.3, 0.4) is 0 Å². The summed E-state index contributed by atoms with van der Waals surface area (Å²) < 4.78 is 15.7. The highest BCUT2D eigenvalue weighted by Crippen LogP contribution is 2.19. The molecule has 0 saturated heterocycles. The van der Waals surface area contributed by atoms with Gasteiger partial charge in [-0.15, -0.1) is 0 Å². The zero-order valence-corrected chi connectivity index (χ0v) is 11.6. The van der Waals surface area contributed by atoms with E-state index in [-0.39, 0.29) is 4.75 Å². The summed E-state index contributed by atoms with van der Waals surface area (Å²) in [4.78, 5) is 4.11. The van der Waals surface area contributed by atoms with E-state index in [1.54, 1.807) is 18.6 Å². The van der Waals surface area contributed by atoms with E-state index >= 15 is 0 Å². The number of nitrogens with zero attached hydrogens (tertiary/aromatic N) is 2. The second kappa shape index (κ2) is 5.08. The molecule has 1 aromatic heterocycles. The second-order valence-electron chi connectivity index (χ2n) is 5.04. The molecule has 94 valence electrons. The molecule has 0 N–H and O–H groups in total. The van der Waals surface area contributed by atoms with Gasteiger partial charge in [0.05, 0.1) is 6.21 Å². The van der Waals surface area contributed by atoms with Crippen LogP contribution in [0.2, 0.25) is 0 Å². The third kappa shape index (κ3) is 2.89. The first-order valence-corrected chi connectivity index (χ1v) is 6.88. The molecule has 0 unspecified atom stereocenters. The molecular weight excluding hydrogens is 244 g/mol. The molecule has 1 aromatic carbocycles. The summed E-state index contributed by atoms with van der Waals surface area (Å²) in [7, 11) is 0. The minimum Gasteiger partial charge on any atom is -0.591 e. The normalized spacial score (nSPS) is 14.2. The van der Waals surface area contributed by atoms with Gasteiger partial charge in [0.15, 0.2) is 0 Å². The van der Waals surface area contributed by atoms with Gasteiger partial charge in [-0.05, 0) is 32.2 Å². The van der Waals surface area contributed by atoms with Crippen LogP contribution in [0, 0.1) is 0 Å². The fourth-order valence-electron chi connectivity index (χ4n) is 1.51. The van der Waals surface area contributed by atoms with Crippen LogP contribution < -0.4 is 0 Å². The van der Waals surface area contributed by atoms with Crippen molar-refractivity contribution in [2.75, 3.05) is 0 Å². The van der Waals surface area contributed by atoms with Gasteiger partial charge in [-0.25, -0.2) is 0 Å². The fourth-order valence-corrected chi connectivity index (χ4v) is 2.04. The van der Waals surface area contributed by atoms with Gasteiger partial charge in [0.2, 0.25) is 0 Å². The molecule has 0 saturated carbocycles. The largest absolute Gasteiger partial charge is 0.591 e. The van der Waals surface area contributed by atoms with Gasteiger partial charge in [-0.1, -0.05) is 22.6 Å². The Morgan fingerprint density at radius 3 is 2.78 bits per heavy atom. The predicted octanol–water partition coefficient (Wildman–Crippen LogP) is 3.12. The molecule has 0 aliphatic heterocycles. The second-order valence-corrected chi connectivity index (χ2v) is 6.97. The molecule has 3 nitrogen and oxygen atoms in total. The van der Waals surface area contributed by atoms with Gasteiger partial charge in [-0.3, -0.25) is 4.98 Å². The highest BCUT2D eigenvalue weighted by atomic mass is 32.2. The highest BCUT2D eigenvalue weighted by Gasteiger charge is 2.25. The minimum absolute atomic E-state index is 0.334. The number of rotatable bonds is 2. The van der Waals surface area contributed by atoms with Crippen LogP contribution in [0.15, 0.2) is 41.1 Å². The van der Waals surface area contributed by atoms with E-state index in [0.717, 1.165) is 16.3 Å². The Morgan fingerprint density at radius 1 is 1.28 bits per heavy atom. The van der Waals surface area contributed by atoms with Crippen LogP contribution >= 0.6 is 0 Å². The van der Waals surface area contributed by atoms with Crippen molar-refractivity contribution in [1.82, 2.24) is 4.98 Å². The lowest BCUT2D eigenvalue weighted by Crippen LogP contribution is -2.25. The molecule has 1 heterocycles. The van der Waals surface area contributed by atoms with Gasteiger partial charge >= 0.3 is 0 Å². The Hall–Kier alpha value is -1.39. The van der Waals surface area contributed by atoms with E-state index in [2.05, 4.69) is 9.38 Å². The molecule has 18 heavy (non-hydrogen) atoms. The highest BCUT2D eigenvalue weighted by molar-refractivity contribution is 7.91. The third-order valence-corrected chi connectivity index (χ3v) is 3.87. The first kappa shape index (κ1) is 13.1. The van der Waals surface area contributed by atoms with Crippen molar-refractivity contribution in [2.24, 2.45) is 4.40 Å². The predicted molar refractivity (Wildman–Crippen MR) is 77.2 cm³/mol. The molecule has 0 aliphatic rings. The average Bonchev–Trinajstić information content (AvgIpc) is 2.34. The Kier molecular flexibility index (Phi) is 3.68. The number of pyridine rings is 1. The molecular formula is C14H16N2OS. The van der Waals surface area contributed by atoms with Crippen molar-refractivity contribution < 1.29 is 4.55 Å². The topological polar surface area (TPSA) is 48.3 Å². The van der Waals surface area contributed by atoms with Crippen LogP contribution in [0.1, 0.15) is 26.3 Å². The molecule has 0 amide bonds. The summed E-state index contributed by atoms with van der Waals surface area (Å²) in [6, 6.07) is 7.89. The number of aromatic nitrogens is 1. The van der Waals surface area contributed by atoms with Gasteiger partial charge in [0.1, 0.15) is 16.1 Å². The quantitative estimate of drug-likeness (QED) is 0.615. The van der Waals surface area contributed by atoms with Crippen LogP contribution in [0.25, 0.3) is 10.8 Å². The zero-order valence-electron chi connectivity index (χ0n) is 10.8. The van der Waals surface area contributed by atoms with Gasteiger partial charge in [0, 0.05) is 23.3 Å². The summed E-state index contributed by atoms with van der Waals surface area (Å²) in [6.45, 7) is 5.72. The SMILES string of the molecule is CC(C)(C)[S@+]([O-])N=Cc1cccc2ccncc12. The third-order valence-electron chi connectivity index (χ3n) is 2.53. The molecule has 0 fully saturated rings. The summed E-state index contributed by atoms with van der Waals surface area (Å²) in [6.07, 6.45) is 5.23. The standard InChI is InChI=1S/C14H16N2OS/c1-14(2,3)18(17)16-9-12-6-4-5-11-7-8-15-10-13(11)12/h4-10H,1-3H3/t18-/m0/s1. The van der Waals surface area contributed by atoms with E-state index in [1.165, 1.54) is 0 Å². The van der Waals surface area contributed by atoms with Gasteiger partial charge in [-0.2, -0.15) is 0 Å².